The van der Waals surface area contributed by atoms with Gasteiger partial charge in [0.05, 0.1) is 0 Å². The van der Waals surface area contributed by atoms with Gasteiger partial charge in [-0.3, -0.25) is 0 Å². The Morgan fingerprint density at radius 2 is 1.78 bits per heavy atom. The van der Waals surface area contributed by atoms with Crippen LogP contribution in [0.3, 0.4) is 0 Å². The molecular weight excluding hydrogens is 156 g/mol. The van der Waals surface area contributed by atoms with Gasteiger partial charge in [0, 0.05) is 5.75 Å². The predicted octanol–water partition coefficient (Wildman–Crippen LogP) is 1.09. The van der Waals surface area contributed by atoms with Crippen molar-refractivity contribution in [1.82, 2.24) is 0 Å². The quantitative estimate of drug-likeness (QED) is 0.626. The standard InChI is InChI=1S/C5H12O2S2/c1-4-9(6,7)5(2,3)8/h8H,4H2,1-3H3. The maximum absolute atomic E-state index is 10.9. The van der Waals surface area contributed by atoms with E-state index in [-0.39, 0.29) is 5.75 Å². The molecule has 0 bridgehead atoms. The Balaban J connectivity index is 4.57. The van der Waals surface area contributed by atoms with Crippen LogP contribution in [-0.2, 0) is 9.84 Å². The van der Waals surface area contributed by atoms with Crippen LogP contribution in [0.15, 0.2) is 0 Å². The van der Waals surface area contributed by atoms with Crippen LogP contribution in [0.5, 0.6) is 0 Å². The Kier molecular flexibility index (Phi) is 2.58. The third-order valence-corrected chi connectivity index (χ3v) is 4.26. The van der Waals surface area contributed by atoms with Crippen molar-refractivity contribution in [2.75, 3.05) is 5.75 Å². The molecule has 0 saturated carbocycles. The van der Waals surface area contributed by atoms with Gasteiger partial charge in [0.15, 0.2) is 9.84 Å². The molecule has 0 aromatic rings. The second kappa shape index (κ2) is 2.50. The van der Waals surface area contributed by atoms with Crippen LogP contribution in [0, 0.1) is 0 Å². The third kappa shape index (κ3) is 2.18. The SMILES string of the molecule is CCS(=O)(=O)C(C)(C)S. The van der Waals surface area contributed by atoms with Crippen molar-refractivity contribution in [3.05, 3.63) is 0 Å². The summed E-state index contributed by atoms with van der Waals surface area (Å²) in [5.41, 5.74) is 0. The van der Waals surface area contributed by atoms with Crippen LogP contribution in [-0.4, -0.2) is 18.2 Å². The van der Waals surface area contributed by atoms with Gasteiger partial charge in [-0.2, -0.15) is 12.6 Å². The number of hydrogen-bond donors (Lipinski definition) is 1. The minimum atomic E-state index is -2.97. The molecule has 0 fully saturated rings. The normalized spacial score (nSPS) is 13.8. The van der Waals surface area contributed by atoms with Crippen molar-refractivity contribution in [1.29, 1.82) is 0 Å². The highest BCUT2D eigenvalue weighted by molar-refractivity contribution is 8.06. The first kappa shape index (κ1) is 9.30. The summed E-state index contributed by atoms with van der Waals surface area (Å²) in [6.07, 6.45) is 0. The van der Waals surface area contributed by atoms with E-state index >= 15 is 0 Å². The lowest BCUT2D eigenvalue weighted by atomic mass is 10.5. The highest BCUT2D eigenvalue weighted by atomic mass is 32.2. The molecule has 0 N–H and O–H groups in total. The zero-order valence-electron chi connectivity index (χ0n) is 5.88. The lowest BCUT2D eigenvalue weighted by molar-refractivity contribution is 0.584. The molecule has 0 atom stereocenters. The maximum Gasteiger partial charge on any atom is 0.164 e. The van der Waals surface area contributed by atoms with E-state index in [1.165, 1.54) is 0 Å². The average Bonchev–Trinajstić information content (AvgIpc) is 1.64. The molecule has 0 heterocycles. The zero-order valence-corrected chi connectivity index (χ0v) is 7.59. The van der Waals surface area contributed by atoms with Gasteiger partial charge in [0.2, 0.25) is 0 Å². The lowest BCUT2D eigenvalue weighted by Crippen LogP contribution is -2.26. The lowest BCUT2D eigenvalue weighted by Gasteiger charge is -2.15. The summed E-state index contributed by atoms with van der Waals surface area (Å²) in [5.74, 6) is 0.156. The van der Waals surface area contributed by atoms with Gasteiger partial charge < -0.3 is 0 Å². The van der Waals surface area contributed by atoms with Crippen LogP contribution >= 0.6 is 12.6 Å². The Labute approximate surface area is 62.0 Å². The molecule has 0 saturated heterocycles. The summed E-state index contributed by atoms with van der Waals surface area (Å²) in [7, 11) is -2.97. The summed E-state index contributed by atoms with van der Waals surface area (Å²) < 4.78 is 21.0. The predicted molar refractivity (Wildman–Crippen MR) is 42.5 cm³/mol. The molecule has 9 heavy (non-hydrogen) atoms. The van der Waals surface area contributed by atoms with Crippen LogP contribution < -0.4 is 0 Å². The molecule has 0 aliphatic rings. The van der Waals surface area contributed by atoms with Crippen LogP contribution in [0.4, 0.5) is 0 Å². The number of thiol groups is 1. The molecule has 0 rings (SSSR count). The summed E-state index contributed by atoms with van der Waals surface area (Å²) in [6, 6.07) is 0. The maximum atomic E-state index is 10.9. The van der Waals surface area contributed by atoms with E-state index in [9.17, 15) is 8.42 Å². The zero-order chi connectivity index (χ0) is 7.71. The van der Waals surface area contributed by atoms with E-state index in [2.05, 4.69) is 12.6 Å². The van der Waals surface area contributed by atoms with Crippen molar-refractivity contribution in [3.63, 3.8) is 0 Å². The summed E-state index contributed by atoms with van der Waals surface area (Å²) in [5, 5.41) is 0. The average molecular weight is 168 g/mol. The molecule has 0 radical (unpaired) electrons. The fourth-order valence-corrected chi connectivity index (χ4v) is 1.45. The second-order valence-electron chi connectivity index (χ2n) is 2.35. The Hall–Kier alpha value is 0.300. The number of sulfone groups is 1. The first-order valence-corrected chi connectivity index (χ1v) is 4.86. The molecule has 0 unspecified atom stereocenters. The van der Waals surface area contributed by atoms with Gasteiger partial charge >= 0.3 is 0 Å². The van der Waals surface area contributed by atoms with E-state index in [1.54, 1.807) is 20.8 Å². The first-order chi connectivity index (χ1) is 3.81. The largest absolute Gasteiger partial charge is 0.227 e. The van der Waals surface area contributed by atoms with Crippen LogP contribution in [0.25, 0.3) is 0 Å². The third-order valence-electron chi connectivity index (χ3n) is 1.14. The summed E-state index contributed by atoms with van der Waals surface area (Å²) in [4.78, 5) is 0. The Bertz CT molecular complexity index is 174. The minimum absolute atomic E-state index is 0.156. The molecule has 0 aliphatic carbocycles. The van der Waals surface area contributed by atoms with E-state index in [4.69, 9.17) is 0 Å². The van der Waals surface area contributed by atoms with Crippen LogP contribution in [0.1, 0.15) is 20.8 Å². The van der Waals surface area contributed by atoms with E-state index in [1.807, 2.05) is 0 Å². The van der Waals surface area contributed by atoms with Gasteiger partial charge in [0.1, 0.15) is 4.08 Å². The fourth-order valence-electron chi connectivity index (χ4n) is 0.353. The fraction of sp³-hybridized carbons (Fsp3) is 1.00. The molecule has 0 spiro atoms. The molecule has 0 aromatic carbocycles. The molecule has 2 nitrogen and oxygen atoms in total. The van der Waals surface area contributed by atoms with E-state index < -0.39 is 13.9 Å². The molecular formula is C5H12O2S2. The first-order valence-electron chi connectivity index (χ1n) is 2.76. The van der Waals surface area contributed by atoms with Crippen molar-refractivity contribution in [2.24, 2.45) is 0 Å². The van der Waals surface area contributed by atoms with Crippen molar-refractivity contribution in [2.45, 2.75) is 24.9 Å². The molecule has 4 heteroatoms. The van der Waals surface area contributed by atoms with E-state index in [0.29, 0.717) is 0 Å². The Morgan fingerprint density at radius 3 is 1.78 bits per heavy atom. The highest BCUT2D eigenvalue weighted by Crippen LogP contribution is 2.20. The monoisotopic (exact) mass is 168 g/mol. The second-order valence-corrected chi connectivity index (χ2v) is 6.60. The van der Waals surface area contributed by atoms with Gasteiger partial charge in [0.25, 0.3) is 0 Å². The molecule has 0 aromatic heterocycles. The van der Waals surface area contributed by atoms with Crippen LogP contribution in [0.2, 0.25) is 0 Å². The molecule has 0 aliphatic heterocycles. The number of rotatable bonds is 2. The number of hydrogen-bond acceptors (Lipinski definition) is 3. The van der Waals surface area contributed by atoms with Gasteiger partial charge in [-0.1, -0.05) is 6.92 Å². The minimum Gasteiger partial charge on any atom is -0.227 e. The molecule has 56 valence electrons. The Morgan fingerprint density at radius 1 is 1.44 bits per heavy atom. The van der Waals surface area contributed by atoms with E-state index in [0.717, 1.165) is 0 Å². The summed E-state index contributed by atoms with van der Waals surface area (Å²) in [6.45, 7) is 4.77. The van der Waals surface area contributed by atoms with Crippen molar-refractivity contribution < 1.29 is 8.42 Å². The summed E-state index contributed by atoms with van der Waals surface area (Å²) >= 11 is 3.93. The van der Waals surface area contributed by atoms with Gasteiger partial charge in [-0.25, -0.2) is 8.42 Å². The van der Waals surface area contributed by atoms with Crippen molar-refractivity contribution >= 4 is 22.5 Å². The topological polar surface area (TPSA) is 34.1 Å². The smallest absolute Gasteiger partial charge is 0.164 e. The molecule has 0 amide bonds. The van der Waals surface area contributed by atoms with Crippen molar-refractivity contribution in [3.8, 4) is 0 Å². The van der Waals surface area contributed by atoms with Gasteiger partial charge in [-0.15, -0.1) is 0 Å². The highest BCUT2D eigenvalue weighted by Gasteiger charge is 2.27. The van der Waals surface area contributed by atoms with Gasteiger partial charge in [-0.05, 0) is 13.8 Å².